The molecule has 1 atom stereocenters. The maximum atomic E-state index is 10.1. The third-order valence-corrected chi connectivity index (χ3v) is 4.16. The Bertz CT molecular complexity index is 444. The van der Waals surface area contributed by atoms with E-state index in [1.165, 1.54) is 32.1 Å². The van der Waals surface area contributed by atoms with Crippen molar-refractivity contribution in [3.8, 4) is 5.75 Å². The fourth-order valence-electron chi connectivity index (χ4n) is 2.62. The van der Waals surface area contributed by atoms with E-state index in [4.69, 9.17) is 17.0 Å². The molecule has 2 rings (SSSR count). The summed E-state index contributed by atoms with van der Waals surface area (Å²) >= 11 is 5.29. The smallest absolute Gasteiger partial charge is 0.166 e. The second-order valence-corrected chi connectivity index (χ2v) is 5.89. The largest absolute Gasteiger partial charge is 0.497 e. The van der Waals surface area contributed by atoms with E-state index >= 15 is 0 Å². The molecule has 0 amide bonds. The molecule has 0 heterocycles. The van der Waals surface area contributed by atoms with Crippen LogP contribution in [0.3, 0.4) is 0 Å². The first-order valence-electron chi connectivity index (χ1n) is 7.55. The van der Waals surface area contributed by atoms with Gasteiger partial charge in [0.2, 0.25) is 0 Å². The molecule has 4 nitrogen and oxygen atoms in total. The van der Waals surface area contributed by atoms with Crippen molar-refractivity contribution in [2.24, 2.45) is 0 Å². The second-order valence-electron chi connectivity index (χ2n) is 5.48. The molecule has 1 aliphatic carbocycles. The van der Waals surface area contributed by atoms with Crippen LogP contribution >= 0.6 is 12.2 Å². The van der Waals surface area contributed by atoms with Gasteiger partial charge in [0.15, 0.2) is 5.11 Å². The summed E-state index contributed by atoms with van der Waals surface area (Å²) < 4.78 is 5.10. The van der Waals surface area contributed by atoms with Gasteiger partial charge < -0.3 is 20.5 Å². The molecule has 1 fully saturated rings. The molecule has 1 unspecified atom stereocenters. The lowest BCUT2D eigenvalue weighted by molar-refractivity contribution is 0.181. The van der Waals surface area contributed by atoms with E-state index < -0.39 is 6.10 Å². The number of hydrogen-bond donors (Lipinski definition) is 3. The van der Waals surface area contributed by atoms with Gasteiger partial charge >= 0.3 is 0 Å². The molecule has 1 aliphatic rings. The van der Waals surface area contributed by atoms with Crippen molar-refractivity contribution in [3.63, 3.8) is 0 Å². The molecule has 0 spiro atoms. The maximum Gasteiger partial charge on any atom is 0.166 e. The number of methoxy groups -OCH3 is 1. The van der Waals surface area contributed by atoms with Gasteiger partial charge in [0.1, 0.15) is 5.75 Å². The summed E-state index contributed by atoms with van der Waals surface area (Å²) in [6.45, 7) is 0.408. The first kappa shape index (κ1) is 16.0. The lowest BCUT2D eigenvalue weighted by Gasteiger charge is -2.25. The second kappa shape index (κ2) is 8.20. The Morgan fingerprint density at radius 3 is 2.57 bits per heavy atom. The minimum atomic E-state index is -0.581. The lowest BCUT2D eigenvalue weighted by atomic mass is 9.96. The average Bonchev–Trinajstić information content (AvgIpc) is 2.53. The van der Waals surface area contributed by atoms with E-state index in [0.29, 0.717) is 17.7 Å². The third kappa shape index (κ3) is 5.17. The number of rotatable bonds is 5. The molecule has 1 aromatic carbocycles. The molecule has 3 N–H and O–H groups in total. The highest BCUT2D eigenvalue weighted by atomic mass is 32.1. The molecule has 116 valence electrons. The number of aliphatic hydroxyl groups excluding tert-OH is 1. The number of thiocarbonyl (C=S) groups is 1. The first-order valence-corrected chi connectivity index (χ1v) is 7.96. The molecule has 0 aromatic heterocycles. The number of aliphatic hydroxyl groups is 1. The zero-order valence-electron chi connectivity index (χ0n) is 12.5. The number of hydrogen-bond acceptors (Lipinski definition) is 3. The third-order valence-electron chi connectivity index (χ3n) is 3.90. The number of benzene rings is 1. The van der Waals surface area contributed by atoms with Crippen LogP contribution in [0.1, 0.15) is 43.8 Å². The van der Waals surface area contributed by atoms with Crippen LogP contribution in [0.4, 0.5) is 0 Å². The van der Waals surface area contributed by atoms with Gasteiger partial charge in [-0.05, 0) is 42.8 Å². The van der Waals surface area contributed by atoms with Crippen LogP contribution in [0.2, 0.25) is 0 Å². The van der Waals surface area contributed by atoms with Crippen molar-refractivity contribution >= 4 is 17.3 Å². The molecule has 0 saturated heterocycles. The summed E-state index contributed by atoms with van der Waals surface area (Å²) in [4.78, 5) is 0. The minimum absolute atomic E-state index is 0.408. The predicted molar refractivity (Wildman–Crippen MR) is 88.6 cm³/mol. The predicted octanol–water partition coefficient (Wildman–Crippen LogP) is 2.53. The fourth-order valence-corrected chi connectivity index (χ4v) is 2.87. The van der Waals surface area contributed by atoms with Crippen LogP contribution in [0, 0.1) is 0 Å². The highest BCUT2D eigenvalue weighted by Crippen LogP contribution is 2.18. The Morgan fingerprint density at radius 2 is 1.95 bits per heavy atom. The minimum Gasteiger partial charge on any atom is -0.497 e. The van der Waals surface area contributed by atoms with Gasteiger partial charge in [-0.3, -0.25) is 0 Å². The van der Waals surface area contributed by atoms with Crippen molar-refractivity contribution in [2.45, 2.75) is 44.2 Å². The molecular weight excluding hydrogens is 284 g/mol. The number of nitrogens with one attached hydrogen (secondary N) is 2. The Hall–Kier alpha value is -1.33. The summed E-state index contributed by atoms with van der Waals surface area (Å²) in [5.74, 6) is 0.786. The van der Waals surface area contributed by atoms with Crippen LogP contribution in [-0.2, 0) is 0 Å². The summed E-state index contributed by atoms with van der Waals surface area (Å²) in [5.41, 5.74) is 0.851. The average molecular weight is 308 g/mol. The van der Waals surface area contributed by atoms with E-state index in [-0.39, 0.29) is 0 Å². The van der Waals surface area contributed by atoms with Crippen LogP contribution < -0.4 is 15.4 Å². The maximum absolute atomic E-state index is 10.1. The van der Waals surface area contributed by atoms with Gasteiger partial charge in [0.05, 0.1) is 13.2 Å². The molecule has 0 radical (unpaired) electrons. The van der Waals surface area contributed by atoms with E-state index in [1.54, 1.807) is 7.11 Å². The van der Waals surface area contributed by atoms with E-state index in [2.05, 4.69) is 10.6 Å². The molecule has 0 bridgehead atoms. The van der Waals surface area contributed by atoms with Gasteiger partial charge in [-0.25, -0.2) is 0 Å². The Balaban J connectivity index is 1.74. The molecule has 1 aromatic rings. The van der Waals surface area contributed by atoms with Crippen LogP contribution in [0.15, 0.2) is 24.3 Å². The summed E-state index contributed by atoms with van der Waals surface area (Å²) in [6.07, 6.45) is 5.66. The van der Waals surface area contributed by atoms with Crippen molar-refractivity contribution in [1.29, 1.82) is 0 Å². The molecule has 21 heavy (non-hydrogen) atoms. The van der Waals surface area contributed by atoms with Gasteiger partial charge in [0.25, 0.3) is 0 Å². The normalized spacial score (nSPS) is 17.0. The zero-order valence-corrected chi connectivity index (χ0v) is 13.3. The van der Waals surface area contributed by atoms with Crippen molar-refractivity contribution < 1.29 is 9.84 Å². The Kier molecular flexibility index (Phi) is 6.26. The van der Waals surface area contributed by atoms with Gasteiger partial charge in [0, 0.05) is 12.6 Å². The fraction of sp³-hybridized carbons (Fsp3) is 0.562. The first-order chi connectivity index (χ1) is 10.2. The topological polar surface area (TPSA) is 53.5 Å². The van der Waals surface area contributed by atoms with Crippen molar-refractivity contribution in [3.05, 3.63) is 29.8 Å². The standard InChI is InChI=1S/C16H24N2O2S/c1-20-14-9-7-12(8-10-14)15(19)11-17-16(21)18-13-5-3-2-4-6-13/h7-10,13,15,19H,2-6,11H2,1H3,(H2,17,18,21). The SMILES string of the molecule is COc1ccc(C(O)CNC(=S)NC2CCCCC2)cc1. The van der Waals surface area contributed by atoms with Crippen molar-refractivity contribution in [2.75, 3.05) is 13.7 Å². The van der Waals surface area contributed by atoms with Crippen LogP contribution in [0.25, 0.3) is 0 Å². The van der Waals surface area contributed by atoms with Crippen molar-refractivity contribution in [1.82, 2.24) is 10.6 Å². The van der Waals surface area contributed by atoms with Gasteiger partial charge in [-0.15, -0.1) is 0 Å². The van der Waals surface area contributed by atoms with Gasteiger partial charge in [-0.1, -0.05) is 31.4 Å². The van der Waals surface area contributed by atoms with Gasteiger partial charge in [-0.2, -0.15) is 0 Å². The highest BCUT2D eigenvalue weighted by Gasteiger charge is 2.14. The quantitative estimate of drug-likeness (QED) is 0.730. The summed E-state index contributed by atoms with van der Waals surface area (Å²) in [5, 5.41) is 17.2. The summed E-state index contributed by atoms with van der Waals surface area (Å²) in [7, 11) is 1.63. The van der Waals surface area contributed by atoms with Crippen LogP contribution in [0.5, 0.6) is 5.75 Å². The Morgan fingerprint density at radius 1 is 1.29 bits per heavy atom. The van der Waals surface area contributed by atoms with E-state index in [0.717, 1.165) is 11.3 Å². The van der Waals surface area contributed by atoms with Crippen LogP contribution in [-0.4, -0.2) is 29.9 Å². The molecular formula is C16H24N2O2S. The Labute approximate surface area is 131 Å². The monoisotopic (exact) mass is 308 g/mol. The lowest BCUT2D eigenvalue weighted by Crippen LogP contribution is -2.43. The molecule has 5 heteroatoms. The number of ether oxygens (including phenoxy) is 1. The highest BCUT2D eigenvalue weighted by molar-refractivity contribution is 7.80. The molecule has 1 saturated carbocycles. The molecule has 0 aliphatic heterocycles. The van der Waals surface area contributed by atoms with E-state index in [9.17, 15) is 5.11 Å². The van der Waals surface area contributed by atoms with E-state index in [1.807, 2.05) is 24.3 Å². The zero-order chi connectivity index (χ0) is 15.1. The summed E-state index contributed by atoms with van der Waals surface area (Å²) in [6, 6.07) is 7.90.